The van der Waals surface area contributed by atoms with E-state index in [1.807, 2.05) is 21.1 Å². The molecule has 55 heavy (non-hydrogen) atoms. The summed E-state index contributed by atoms with van der Waals surface area (Å²) in [5.41, 5.74) is 0. The van der Waals surface area contributed by atoms with Crippen LogP contribution in [0, 0.1) is 0 Å². The number of nitrogens with zero attached hydrogens (tertiary/aromatic N) is 1. The van der Waals surface area contributed by atoms with Crippen molar-refractivity contribution in [2.75, 3.05) is 47.5 Å². The van der Waals surface area contributed by atoms with Gasteiger partial charge in [0.2, 0.25) is 0 Å². The summed E-state index contributed by atoms with van der Waals surface area (Å²) in [6.45, 7) is 4.13. The maximum Gasteiger partial charge on any atom is 0.306 e. The quantitative estimate of drug-likeness (QED) is 0.0199. The van der Waals surface area contributed by atoms with Crippen LogP contribution in [0.1, 0.15) is 174 Å². The van der Waals surface area contributed by atoms with E-state index in [2.05, 4.69) is 62.5 Å². The number of rotatable bonds is 39. The third-order valence-corrected chi connectivity index (χ3v) is 10.1. The van der Waals surface area contributed by atoms with Gasteiger partial charge in [-0.1, -0.05) is 159 Å². The number of ether oxygens (including phenoxy) is 2. The van der Waals surface area contributed by atoms with E-state index >= 15 is 0 Å². The number of phosphoric acid groups is 1. The summed E-state index contributed by atoms with van der Waals surface area (Å²) in [5, 5.41) is 0. The molecule has 0 rings (SSSR count). The van der Waals surface area contributed by atoms with E-state index in [0.29, 0.717) is 23.9 Å². The Balaban J connectivity index is 4.46. The summed E-state index contributed by atoms with van der Waals surface area (Å²) in [7, 11) is 1.14. The Morgan fingerprint density at radius 3 is 1.51 bits per heavy atom. The van der Waals surface area contributed by atoms with Crippen LogP contribution in [-0.2, 0) is 32.7 Å². The van der Waals surface area contributed by atoms with Crippen molar-refractivity contribution < 1.29 is 42.1 Å². The Hall–Kier alpha value is -2.03. The highest BCUT2D eigenvalue weighted by Crippen LogP contribution is 2.38. The van der Waals surface area contributed by atoms with Gasteiger partial charge in [-0.25, -0.2) is 0 Å². The fraction of sp³-hybridized carbons (Fsp3) is 0.778. The molecule has 0 aliphatic heterocycles. The number of phosphoric ester groups is 1. The highest BCUT2D eigenvalue weighted by molar-refractivity contribution is 7.45. The van der Waals surface area contributed by atoms with Gasteiger partial charge >= 0.3 is 11.9 Å². The normalized spacial score (nSPS) is 14.1. The van der Waals surface area contributed by atoms with Crippen molar-refractivity contribution in [3.8, 4) is 0 Å². The summed E-state index contributed by atoms with van der Waals surface area (Å²) in [5.74, 6) is -0.899. The number of likely N-dealkylation sites (N-methyl/N-ethyl adjacent to an activating group) is 1. The first-order valence-electron chi connectivity index (χ1n) is 21.8. The molecule has 10 heteroatoms. The number of carbonyl (C=O) groups excluding carboxylic acids is 2. The van der Waals surface area contributed by atoms with Crippen LogP contribution >= 0.6 is 7.82 Å². The van der Waals surface area contributed by atoms with E-state index in [9.17, 15) is 19.0 Å². The molecule has 0 saturated carbocycles. The Bertz CT molecular complexity index is 1080. The molecule has 0 spiro atoms. The number of carbonyl (C=O) groups is 2. The fourth-order valence-electron chi connectivity index (χ4n) is 5.65. The molecule has 0 aliphatic carbocycles. The lowest BCUT2D eigenvalue weighted by molar-refractivity contribution is -0.870. The van der Waals surface area contributed by atoms with Crippen molar-refractivity contribution in [1.82, 2.24) is 0 Å². The zero-order chi connectivity index (χ0) is 40.7. The van der Waals surface area contributed by atoms with Crippen LogP contribution in [0.25, 0.3) is 0 Å². The predicted octanol–water partition coefficient (Wildman–Crippen LogP) is 11.7. The minimum absolute atomic E-state index is 0.0394. The van der Waals surface area contributed by atoms with E-state index in [0.717, 1.165) is 44.9 Å². The number of unbranched alkanes of at least 4 members (excludes halogenated alkanes) is 17. The molecule has 320 valence electrons. The molecule has 1 unspecified atom stereocenters. The third kappa shape index (κ3) is 41.4. The van der Waals surface area contributed by atoms with Gasteiger partial charge in [0.15, 0.2) is 6.10 Å². The second-order valence-corrected chi connectivity index (χ2v) is 17.1. The maximum absolute atomic E-state index is 12.7. The number of hydrogen-bond donors (Lipinski definition) is 0. The van der Waals surface area contributed by atoms with Gasteiger partial charge in [-0.15, -0.1) is 0 Å². The number of quaternary nitrogens is 1. The third-order valence-electron chi connectivity index (χ3n) is 9.10. The molecule has 2 atom stereocenters. The van der Waals surface area contributed by atoms with E-state index in [1.165, 1.54) is 89.9 Å². The number of esters is 2. The first-order chi connectivity index (χ1) is 26.5. The van der Waals surface area contributed by atoms with Gasteiger partial charge in [-0.2, -0.15) is 0 Å². The Labute approximate surface area is 337 Å². The monoisotopic (exact) mass is 796 g/mol. The molecule has 0 aromatic carbocycles. The standard InChI is InChI=1S/C45H82NO8P/c1-6-8-10-12-14-16-18-20-22-23-24-26-27-29-31-33-35-37-44(47)51-41-43(42-53-55(49,50)52-40-39-46(3,4)5)54-45(48)38-36-34-32-30-28-25-21-19-17-15-13-11-9-7-2/h14,16,20,22,24,26,29,31,43H,6-13,15,17-19,21,23,25,27-28,30,32-42H2,1-5H3/b16-14+,22-20+,26-24+,31-29+/t43-/m1/s1. The predicted molar refractivity (Wildman–Crippen MR) is 227 cm³/mol. The van der Waals surface area contributed by atoms with Crippen LogP contribution in [0.15, 0.2) is 48.6 Å². The lowest BCUT2D eigenvalue weighted by Gasteiger charge is -2.28. The zero-order valence-corrected chi connectivity index (χ0v) is 36.8. The summed E-state index contributed by atoms with van der Waals surface area (Å²) >= 11 is 0. The first-order valence-corrected chi connectivity index (χ1v) is 23.3. The molecule has 9 nitrogen and oxygen atoms in total. The lowest BCUT2D eigenvalue weighted by Crippen LogP contribution is -2.37. The molecule has 0 aromatic rings. The summed E-state index contributed by atoms with van der Waals surface area (Å²) in [6.07, 6.45) is 42.8. The van der Waals surface area contributed by atoms with Crippen molar-refractivity contribution in [1.29, 1.82) is 0 Å². The highest BCUT2D eigenvalue weighted by Gasteiger charge is 2.21. The molecule has 0 N–H and O–H groups in total. The maximum atomic E-state index is 12.7. The van der Waals surface area contributed by atoms with Gasteiger partial charge < -0.3 is 27.9 Å². The highest BCUT2D eigenvalue weighted by atomic mass is 31.2. The average molecular weight is 796 g/mol. The molecular formula is C45H82NO8P. The largest absolute Gasteiger partial charge is 0.756 e. The van der Waals surface area contributed by atoms with E-state index in [1.54, 1.807) is 0 Å². The Morgan fingerprint density at radius 1 is 0.564 bits per heavy atom. The summed E-state index contributed by atoms with van der Waals surface area (Å²) in [4.78, 5) is 37.5. The molecule has 0 aromatic heterocycles. The number of hydrogen-bond acceptors (Lipinski definition) is 8. The molecule has 0 aliphatic rings. The van der Waals surface area contributed by atoms with E-state index in [-0.39, 0.29) is 26.1 Å². The van der Waals surface area contributed by atoms with Gasteiger partial charge in [-0.3, -0.25) is 14.2 Å². The van der Waals surface area contributed by atoms with Gasteiger partial charge in [0, 0.05) is 12.8 Å². The summed E-state index contributed by atoms with van der Waals surface area (Å²) < 4.78 is 33.8. The van der Waals surface area contributed by atoms with Crippen LogP contribution in [0.5, 0.6) is 0 Å². The van der Waals surface area contributed by atoms with Crippen molar-refractivity contribution in [2.45, 2.75) is 180 Å². The molecule has 0 fully saturated rings. The minimum Gasteiger partial charge on any atom is -0.756 e. The van der Waals surface area contributed by atoms with Crippen molar-refractivity contribution in [3.05, 3.63) is 48.6 Å². The molecule has 0 heterocycles. The average Bonchev–Trinajstić information content (AvgIpc) is 3.13. The SMILES string of the molecule is CCCCC/C=C/C/C=C/C/C=C/C/C=C/CCCC(=O)OC[C@H](COP(=O)([O-])OCC[N+](C)(C)C)OC(=O)CCCCCCCCCCCCCCCC. The van der Waals surface area contributed by atoms with Gasteiger partial charge in [-0.05, 0) is 51.4 Å². The molecule has 0 saturated heterocycles. The van der Waals surface area contributed by atoms with Crippen LogP contribution in [-0.4, -0.2) is 70.0 Å². The smallest absolute Gasteiger partial charge is 0.306 e. The van der Waals surface area contributed by atoms with Gasteiger partial charge in [0.25, 0.3) is 7.82 Å². The number of allylic oxidation sites excluding steroid dienone is 8. The van der Waals surface area contributed by atoms with Gasteiger partial charge in [0.05, 0.1) is 27.7 Å². The Kier molecular flexibility index (Phi) is 36.2. The van der Waals surface area contributed by atoms with Crippen molar-refractivity contribution >= 4 is 19.8 Å². The topological polar surface area (TPSA) is 111 Å². The molecule has 0 bridgehead atoms. The summed E-state index contributed by atoms with van der Waals surface area (Å²) in [6, 6.07) is 0. The van der Waals surface area contributed by atoms with E-state index < -0.39 is 32.5 Å². The van der Waals surface area contributed by atoms with E-state index in [4.69, 9.17) is 18.5 Å². The molecule has 0 radical (unpaired) electrons. The van der Waals surface area contributed by atoms with Crippen LogP contribution in [0.3, 0.4) is 0 Å². The molecular weight excluding hydrogens is 713 g/mol. The fourth-order valence-corrected chi connectivity index (χ4v) is 6.37. The van der Waals surface area contributed by atoms with Gasteiger partial charge in [0.1, 0.15) is 19.8 Å². The second kappa shape index (κ2) is 37.5. The van der Waals surface area contributed by atoms with Crippen molar-refractivity contribution in [2.24, 2.45) is 0 Å². The van der Waals surface area contributed by atoms with Crippen LogP contribution in [0.2, 0.25) is 0 Å². The zero-order valence-electron chi connectivity index (χ0n) is 35.9. The minimum atomic E-state index is -4.63. The van der Waals surface area contributed by atoms with Crippen LogP contribution < -0.4 is 4.89 Å². The van der Waals surface area contributed by atoms with Crippen LogP contribution in [0.4, 0.5) is 0 Å². The first kappa shape index (κ1) is 53.0. The Morgan fingerprint density at radius 2 is 1.00 bits per heavy atom. The van der Waals surface area contributed by atoms with Crippen molar-refractivity contribution in [3.63, 3.8) is 0 Å². The second-order valence-electron chi connectivity index (χ2n) is 15.7. The lowest BCUT2D eigenvalue weighted by atomic mass is 10.0. The molecule has 0 amide bonds.